The van der Waals surface area contributed by atoms with E-state index in [1.165, 1.54) is 16.6 Å². The second-order valence-corrected chi connectivity index (χ2v) is 9.66. The van der Waals surface area contributed by atoms with E-state index in [-0.39, 0.29) is 5.91 Å². The molecule has 8 heteroatoms. The minimum Gasteiger partial charge on any atom is -0.451 e. The Morgan fingerprint density at radius 1 is 1.08 bits per heavy atom. The summed E-state index contributed by atoms with van der Waals surface area (Å²) in [5.41, 5.74) is 5.02. The van der Waals surface area contributed by atoms with Gasteiger partial charge in [-0.1, -0.05) is 0 Å². The van der Waals surface area contributed by atoms with E-state index in [4.69, 9.17) is 4.42 Å². The third kappa shape index (κ3) is 5.79. The van der Waals surface area contributed by atoms with Crippen LogP contribution in [0.15, 0.2) is 53.1 Å². The van der Waals surface area contributed by atoms with Crippen molar-refractivity contribution in [2.45, 2.75) is 19.3 Å². The standard InChI is InChI=1S/C29H34N6O2/c1-31-9-10-32-29(36)28-18-23-17-24(6-8-27(23)37-28)35-14-12-34(13-15-35)11-3-2-4-22-20-33-26-7-5-21(19-30)16-25(22)26/h5-8,16-18,20,31,33H,2-4,9-15H2,1H3,(H,32,36). The molecule has 1 fully saturated rings. The van der Waals surface area contributed by atoms with Crippen LogP contribution in [0.1, 0.15) is 34.5 Å². The Kier molecular flexibility index (Phi) is 7.73. The summed E-state index contributed by atoms with van der Waals surface area (Å²) >= 11 is 0. The molecule has 0 bridgehead atoms. The zero-order chi connectivity index (χ0) is 25.6. The molecule has 0 spiro atoms. The highest BCUT2D eigenvalue weighted by Gasteiger charge is 2.18. The van der Waals surface area contributed by atoms with E-state index in [0.29, 0.717) is 17.9 Å². The molecule has 1 aliphatic rings. The summed E-state index contributed by atoms with van der Waals surface area (Å²) in [5, 5.41) is 17.2. The lowest BCUT2D eigenvalue weighted by Gasteiger charge is -2.36. The summed E-state index contributed by atoms with van der Waals surface area (Å²) in [6.45, 7) is 6.44. The van der Waals surface area contributed by atoms with Gasteiger partial charge in [-0.15, -0.1) is 0 Å². The van der Waals surface area contributed by atoms with Crippen molar-refractivity contribution in [2.24, 2.45) is 0 Å². The minimum atomic E-state index is -0.182. The lowest BCUT2D eigenvalue weighted by Crippen LogP contribution is -2.46. The molecule has 3 N–H and O–H groups in total. The van der Waals surface area contributed by atoms with Gasteiger partial charge in [0.15, 0.2) is 5.76 Å². The predicted molar refractivity (Wildman–Crippen MR) is 147 cm³/mol. The summed E-state index contributed by atoms with van der Waals surface area (Å²) in [4.78, 5) is 20.6. The number of carbonyl (C=O) groups excluding carboxylic acids is 1. The molecule has 5 rings (SSSR count). The highest BCUT2D eigenvalue weighted by atomic mass is 16.3. The highest BCUT2D eigenvalue weighted by Crippen LogP contribution is 2.26. The van der Waals surface area contributed by atoms with E-state index in [1.807, 2.05) is 37.4 Å². The molecule has 2 aromatic carbocycles. The number of unbranched alkanes of at least 4 members (excludes halogenated alkanes) is 1. The van der Waals surface area contributed by atoms with Crippen molar-refractivity contribution in [3.05, 3.63) is 65.5 Å². The largest absolute Gasteiger partial charge is 0.451 e. The Labute approximate surface area is 217 Å². The van der Waals surface area contributed by atoms with E-state index in [1.54, 1.807) is 0 Å². The summed E-state index contributed by atoms with van der Waals surface area (Å²) < 4.78 is 5.76. The van der Waals surface area contributed by atoms with Gasteiger partial charge in [-0.25, -0.2) is 0 Å². The van der Waals surface area contributed by atoms with Gasteiger partial charge in [-0.3, -0.25) is 9.69 Å². The quantitative estimate of drug-likeness (QED) is 0.287. The number of amides is 1. The summed E-state index contributed by atoms with van der Waals surface area (Å²) in [6, 6.07) is 16.1. The first-order valence-corrected chi connectivity index (χ1v) is 13.1. The molecule has 4 aromatic rings. The van der Waals surface area contributed by atoms with Crippen LogP contribution >= 0.6 is 0 Å². The van der Waals surface area contributed by atoms with E-state index < -0.39 is 0 Å². The van der Waals surface area contributed by atoms with Crippen LogP contribution in [-0.2, 0) is 6.42 Å². The van der Waals surface area contributed by atoms with Gasteiger partial charge in [-0.2, -0.15) is 5.26 Å². The molecular formula is C29H34N6O2. The number of benzene rings is 2. The topological polar surface area (TPSA) is 100 Å². The maximum absolute atomic E-state index is 12.3. The molecule has 37 heavy (non-hydrogen) atoms. The third-order valence-electron chi connectivity index (χ3n) is 7.19. The number of furan rings is 1. The maximum atomic E-state index is 12.3. The van der Waals surface area contributed by atoms with Crippen LogP contribution in [0.5, 0.6) is 0 Å². The molecule has 0 aliphatic carbocycles. The van der Waals surface area contributed by atoms with Crippen LogP contribution in [0, 0.1) is 11.3 Å². The second-order valence-electron chi connectivity index (χ2n) is 9.66. The van der Waals surface area contributed by atoms with Crippen molar-refractivity contribution in [3.8, 4) is 6.07 Å². The fraction of sp³-hybridized carbons (Fsp3) is 0.379. The number of aromatic nitrogens is 1. The first-order valence-electron chi connectivity index (χ1n) is 13.1. The van der Waals surface area contributed by atoms with Gasteiger partial charge < -0.3 is 24.9 Å². The molecule has 0 atom stereocenters. The van der Waals surface area contributed by atoms with E-state index in [2.05, 4.69) is 49.8 Å². The van der Waals surface area contributed by atoms with Gasteiger partial charge in [0, 0.05) is 67.4 Å². The summed E-state index contributed by atoms with van der Waals surface area (Å²) in [5.74, 6) is 0.171. The number of H-pyrrole nitrogens is 1. The normalized spacial score (nSPS) is 14.3. The van der Waals surface area contributed by atoms with Crippen LogP contribution in [0.4, 0.5) is 5.69 Å². The lowest BCUT2D eigenvalue weighted by molar-refractivity contribution is 0.0928. The average molecular weight is 499 g/mol. The van der Waals surface area contributed by atoms with Gasteiger partial charge in [0.25, 0.3) is 5.91 Å². The number of aromatic amines is 1. The lowest BCUT2D eigenvalue weighted by atomic mass is 10.1. The van der Waals surface area contributed by atoms with Gasteiger partial charge in [0.1, 0.15) is 5.58 Å². The van der Waals surface area contributed by atoms with Gasteiger partial charge >= 0.3 is 0 Å². The average Bonchev–Trinajstić information content (AvgIpc) is 3.55. The van der Waals surface area contributed by atoms with Crippen molar-refractivity contribution in [1.82, 2.24) is 20.5 Å². The van der Waals surface area contributed by atoms with Gasteiger partial charge in [0.05, 0.1) is 11.6 Å². The second kappa shape index (κ2) is 11.5. The molecule has 192 valence electrons. The van der Waals surface area contributed by atoms with Crippen LogP contribution in [0.2, 0.25) is 0 Å². The van der Waals surface area contributed by atoms with Crippen molar-refractivity contribution in [1.29, 1.82) is 5.26 Å². The number of aryl methyl sites for hydroxylation is 1. The number of nitrogens with one attached hydrogen (secondary N) is 3. The number of carbonyl (C=O) groups is 1. The Morgan fingerprint density at radius 2 is 1.95 bits per heavy atom. The van der Waals surface area contributed by atoms with Crippen molar-refractivity contribution in [3.63, 3.8) is 0 Å². The molecule has 1 amide bonds. The Hall–Kier alpha value is -3.80. The molecule has 1 saturated heterocycles. The van der Waals surface area contributed by atoms with Crippen LogP contribution < -0.4 is 15.5 Å². The third-order valence-corrected chi connectivity index (χ3v) is 7.19. The zero-order valence-electron chi connectivity index (χ0n) is 21.3. The number of rotatable bonds is 10. The van der Waals surface area contributed by atoms with Crippen LogP contribution in [0.25, 0.3) is 21.9 Å². The fourth-order valence-electron chi connectivity index (χ4n) is 5.06. The SMILES string of the molecule is CNCCNC(=O)c1cc2cc(N3CCN(CCCCc4c[nH]c5ccc(C#N)cc45)CC3)ccc2o1. The molecule has 8 nitrogen and oxygen atoms in total. The number of hydrogen-bond donors (Lipinski definition) is 3. The first kappa shape index (κ1) is 24.9. The number of nitriles is 1. The highest BCUT2D eigenvalue weighted by molar-refractivity contribution is 5.96. The number of likely N-dealkylation sites (N-methyl/N-ethyl adjacent to an activating group) is 1. The van der Waals surface area contributed by atoms with Crippen molar-refractivity contribution in [2.75, 3.05) is 57.8 Å². The first-order chi connectivity index (χ1) is 18.1. The Bertz CT molecular complexity index is 1410. The predicted octanol–water partition coefficient (Wildman–Crippen LogP) is 3.88. The summed E-state index contributed by atoms with van der Waals surface area (Å²) in [6.07, 6.45) is 5.40. The molecule has 2 aromatic heterocycles. The number of nitrogens with zero attached hydrogens (tertiary/aromatic N) is 3. The molecule has 0 unspecified atom stereocenters. The van der Waals surface area contributed by atoms with Crippen LogP contribution in [0.3, 0.4) is 0 Å². The van der Waals surface area contributed by atoms with Gasteiger partial charge in [0.2, 0.25) is 0 Å². The van der Waals surface area contributed by atoms with Gasteiger partial charge in [-0.05, 0) is 80.9 Å². The van der Waals surface area contributed by atoms with E-state index >= 15 is 0 Å². The number of fused-ring (bicyclic) bond motifs is 2. The molecular weight excluding hydrogens is 464 g/mol. The fourth-order valence-corrected chi connectivity index (χ4v) is 5.06. The summed E-state index contributed by atoms with van der Waals surface area (Å²) in [7, 11) is 1.86. The Morgan fingerprint density at radius 3 is 2.76 bits per heavy atom. The molecule has 1 aliphatic heterocycles. The molecule has 3 heterocycles. The van der Waals surface area contributed by atoms with E-state index in [0.717, 1.165) is 75.0 Å². The number of hydrogen-bond acceptors (Lipinski definition) is 6. The number of piperazine rings is 1. The molecule has 0 radical (unpaired) electrons. The maximum Gasteiger partial charge on any atom is 0.287 e. The number of anilines is 1. The monoisotopic (exact) mass is 498 g/mol. The van der Waals surface area contributed by atoms with E-state index in [9.17, 15) is 10.1 Å². The van der Waals surface area contributed by atoms with Crippen LogP contribution in [-0.4, -0.2) is 68.7 Å². The zero-order valence-corrected chi connectivity index (χ0v) is 21.3. The molecule has 0 saturated carbocycles. The smallest absolute Gasteiger partial charge is 0.287 e. The van der Waals surface area contributed by atoms with Crippen molar-refractivity contribution < 1.29 is 9.21 Å². The Balaban J connectivity index is 1.09. The van der Waals surface area contributed by atoms with Crippen molar-refractivity contribution >= 4 is 33.5 Å². The minimum absolute atomic E-state index is 0.182.